The number of rotatable bonds is 3. The molecule has 0 saturated heterocycles. The van der Waals surface area contributed by atoms with E-state index >= 15 is 0 Å². The Morgan fingerprint density at radius 2 is 1.91 bits per heavy atom. The Balaban J connectivity index is 2.13. The quantitative estimate of drug-likeness (QED) is 0.684. The van der Waals surface area contributed by atoms with Gasteiger partial charge in [-0.25, -0.2) is 0 Å². The van der Waals surface area contributed by atoms with Crippen LogP contribution >= 0.6 is 0 Å². The number of halogens is 3. The molecule has 0 aliphatic heterocycles. The molecule has 1 rings (SSSR count). The average Bonchev–Trinajstić information content (AvgIpc) is 2.62. The van der Waals surface area contributed by atoms with E-state index < -0.39 is 12.3 Å². The number of alkyl halides is 3. The van der Waals surface area contributed by atoms with Crippen molar-refractivity contribution in [3.63, 3.8) is 0 Å². The summed E-state index contributed by atoms with van der Waals surface area (Å²) in [5.41, 5.74) is 0. The lowest BCUT2D eigenvalue weighted by Gasteiger charge is -2.13. The molecule has 66 valence electrons. The van der Waals surface area contributed by atoms with Crippen LogP contribution in [0.1, 0.15) is 25.7 Å². The molecule has 0 spiro atoms. The van der Waals surface area contributed by atoms with Crippen LogP contribution in [-0.2, 0) is 0 Å². The lowest BCUT2D eigenvalue weighted by Crippen LogP contribution is -2.28. The average molecular weight is 168 g/mol. The van der Waals surface area contributed by atoms with Crippen molar-refractivity contribution in [1.82, 2.24) is 0 Å². The highest BCUT2D eigenvalue weighted by Crippen LogP contribution is 2.35. The largest absolute Gasteiger partial charge is 0.414 e. The molecule has 0 amide bonds. The van der Waals surface area contributed by atoms with Gasteiger partial charge < -0.3 is 5.11 Å². The molecule has 0 aromatic heterocycles. The molecule has 0 radical (unpaired) electrons. The van der Waals surface area contributed by atoms with Gasteiger partial charge in [0.25, 0.3) is 0 Å². The minimum atomic E-state index is -4.42. The van der Waals surface area contributed by atoms with Gasteiger partial charge in [0.2, 0.25) is 0 Å². The van der Waals surface area contributed by atoms with Gasteiger partial charge in [0.15, 0.2) is 0 Å². The summed E-state index contributed by atoms with van der Waals surface area (Å²) in [7, 11) is 0. The highest BCUT2D eigenvalue weighted by atomic mass is 19.4. The summed E-state index contributed by atoms with van der Waals surface area (Å²) < 4.78 is 35.0. The predicted molar refractivity (Wildman–Crippen MR) is 34.0 cm³/mol. The first-order valence-electron chi connectivity index (χ1n) is 3.75. The molecule has 1 unspecified atom stereocenters. The number of aliphatic hydroxyl groups is 1. The van der Waals surface area contributed by atoms with Crippen LogP contribution in [0, 0.1) is 5.92 Å². The molecule has 1 fully saturated rings. The third-order valence-corrected chi connectivity index (χ3v) is 1.92. The lowest BCUT2D eigenvalue weighted by molar-refractivity contribution is -0.205. The van der Waals surface area contributed by atoms with Gasteiger partial charge >= 0.3 is 6.18 Å². The van der Waals surface area contributed by atoms with Crippen LogP contribution in [0.2, 0.25) is 0 Å². The fourth-order valence-electron chi connectivity index (χ4n) is 0.964. The minimum absolute atomic E-state index is 0.131. The number of hydrogen-bond acceptors (Lipinski definition) is 1. The van der Waals surface area contributed by atoms with E-state index in [4.69, 9.17) is 5.11 Å². The zero-order valence-corrected chi connectivity index (χ0v) is 6.06. The zero-order chi connectivity index (χ0) is 8.48. The molecule has 1 saturated carbocycles. The maximum Gasteiger partial charge on any atom is 0.414 e. The summed E-state index contributed by atoms with van der Waals surface area (Å²) in [5.74, 6) is 0.451. The number of aliphatic hydroxyl groups excluding tert-OH is 1. The van der Waals surface area contributed by atoms with Crippen LogP contribution in [-0.4, -0.2) is 17.4 Å². The monoisotopic (exact) mass is 168 g/mol. The Kier molecular flexibility index (Phi) is 2.42. The van der Waals surface area contributed by atoms with E-state index in [0.717, 1.165) is 12.8 Å². The minimum Gasteiger partial charge on any atom is -0.384 e. The molecular weight excluding hydrogens is 157 g/mol. The Morgan fingerprint density at radius 1 is 1.36 bits per heavy atom. The first-order chi connectivity index (χ1) is 5.00. The third-order valence-electron chi connectivity index (χ3n) is 1.92. The van der Waals surface area contributed by atoms with Crippen LogP contribution < -0.4 is 0 Å². The van der Waals surface area contributed by atoms with E-state index in [-0.39, 0.29) is 6.42 Å². The zero-order valence-electron chi connectivity index (χ0n) is 6.06. The van der Waals surface area contributed by atoms with Crippen molar-refractivity contribution in [3.05, 3.63) is 0 Å². The maximum absolute atomic E-state index is 11.7. The molecule has 1 aliphatic rings. The lowest BCUT2D eigenvalue weighted by atomic mass is 10.1. The molecule has 0 aromatic carbocycles. The van der Waals surface area contributed by atoms with Crippen molar-refractivity contribution < 1.29 is 18.3 Å². The van der Waals surface area contributed by atoms with Gasteiger partial charge in [0.1, 0.15) is 6.10 Å². The summed E-state index contributed by atoms with van der Waals surface area (Å²) >= 11 is 0. The fraction of sp³-hybridized carbons (Fsp3) is 1.00. The van der Waals surface area contributed by atoms with Crippen LogP contribution in [0.4, 0.5) is 13.2 Å². The van der Waals surface area contributed by atoms with E-state index in [9.17, 15) is 13.2 Å². The summed E-state index contributed by atoms with van der Waals surface area (Å²) in [6.07, 6.45) is -4.08. The van der Waals surface area contributed by atoms with Crippen LogP contribution in [0.15, 0.2) is 0 Å². The number of hydrogen-bond donors (Lipinski definition) is 1. The second kappa shape index (κ2) is 3.01. The molecule has 1 aliphatic carbocycles. The first-order valence-corrected chi connectivity index (χ1v) is 3.75. The molecule has 0 heterocycles. The van der Waals surface area contributed by atoms with Crippen molar-refractivity contribution in [1.29, 1.82) is 0 Å². The van der Waals surface area contributed by atoms with E-state index in [1.165, 1.54) is 0 Å². The molecule has 1 nitrogen and oxygen atoms in total. The van der Waals surface area contributed by atoms with Gasteiger partial charge in [-0.1, -0.05) is 12.8 Å². The van der Waals surface area contributed by atoms with Crippen molar-refractivity contribution in [2.75, 3.05) is 0 Å². The normalized spacial score (nSPS) is 21.8. The van der Waals surface area contributed by atoms with Crippen LogP contribution in [0.3, 0.4) is 0 Å². The molecule has 4 heteroatoms. The maximum atomic E-state index is 11.7. The molecule has 0 bridgehead atoms. The second-order valence-electron chi connectivity index (χ2n) is 3.08. The highest BCUT2D eigenvalue weighted by Gasteiger charge is 2.38. The first kappa shape index (κ1) is 8.84. The van der Waals surface area contributed by atoms with Crippen molar-refractivity contribution in [2.24, 2.45) is 5.92 Å². The van der Waals surface area contributed by atoms with Crippen LogP contribution in [0.25, 0.3) is 0 Å². The predicted octanol–water partition coefficient (Wildman–Crippen LogP) is 2.10. The Morgan fingerprint density at radius 3 is 2.27 bits per heavy atom. The van der Waals surface area contributed by atoms with Crippen LogP contribution in [0.5, 0.6) is 0 Å². The summed E-state index contributed by atoms with van der Waals surface area (Å²) in [6.45, 7) is 0. The second-order valence-corrected chi connectivity index (χ2v) is 3.08. The van der Waals surface area contributed by atoms with Gasteiger partial charge in [-0.05, 0) is 18.8 Å². The van der Waals surface area contributed by atoms with Gasteiger partial charge in [-0.3, -0.25) is 0 Å². The van der Waals surface area contributed by atoms with Gasteiger partial charge in [-0.15, -0.1) is 0 Å². The molecule has 1 atom stereocenters. The van der Waals surface area contributed by atoms with Crippen molar-refractivity contribution in [2.45, 2.75) is 38.0 Å². The Labute approximate surface area is 63.2 Å². The SMILES string of the molecule is OC(CCC1CC1)C(F)(F)F. The third kappa shape index (κ3) is 3.10. The van der Waals surface area contributed by atoms with E-state index in [0.29, 0.717) is 12.3 Å². The smallest absolute Gasteiger partial charge is 0.384 e. The summed E-state index contributed by atoms with van der Waals surface area (Å²) in [6, 6.07) is 0. The molecule has 0 aromatic rings. The molecular formula is C7H11F3O. The van der Waals surface area contributed by atoms with Gasteiger partial charge in [0, 0.05) is 0 Å². The van der Waals surface area contributed by atoms with E-state index in [1.807, 2.05) is 0 Å². The van der Waals surface area contributed by atoms with Gasteiger partial charge in [-0.2, -0.15) is 13.2 Å². The highest BCUT2D eigenvalue weighted by molar-refractivity contribution is 4.76. The molecule has 11 heavy (non-hydrogen) atoms. The standard InChI is InChI=1S/C7H11F3O/c8-7(9,10)6(11)4-3-5-1-2-5/h5-6,11H,1-4H2. The summed E-state index contributed by atoms with van der Waals surface area (Å²) in [5, 5.41) is 8.54. The topological polar surface area (TPSA) is 20.2 Å². The summed E-state index contributed by atoms with van der Waals surface area (Å²) in [4.78, 5) is 0. The Bertz CT molecular complexity index is 128. The van der Waals surface area contributed by atoms with Crippen molar-refractivity contribution in [3.8, 4) is 0 Å². The van der Waals surface area contributed by atoms with E-state index in [1.54, 1.807) is 0 Å². The fourth-order valence-corrected chi connectivity index (χ4v) is 0.964. The van der Waals surface area contributed by atoms with Gasteiger partial charge in [0.05, 0.1) is 0 Å². The Hall–Kier alpha value is -0.250. The van der Waals surface area contributed by atoms with E-state index in [2.05, 4.69) is 0 Å². The van der Waals surface area contributed by atoms with Crippen molar-refractivity contribution >= 4 is 0 Å². The molecule has 1 N–H and O–H groups in total.